The normalized spacial score (nSPS) is 24.6. The van der Waals surface area contributed by atoms with Crippen molar-refractivity contribution < 1.29 is 0 Å². The van der Waals surface area contributed by atoms with Gasteiger partial charge in [-0.25, -0.2) is 0 Å². The fourth-order valence-corrected chi connectivity index (χ4v) is 3.21. The van der Waals surface area contributed by atoms with Crippen LogP contribution >= 0.6 is 15.9 Å². The molecular weight excluding hydrogens is 276 g/mol. The van der Waals surface area contributed by atoms with Crippen molar-refractivity contribution in [3.8, 4) is 0 Å². The van der Waals surface area contributed by atoms with Gasteiger partial charge in [-0.05, 0) is 59.7 Å². The Labute approximate surface area is 112 Å². The third-order valence-corrected chi connectivity index (χ3v) is 4.36. The Hall–Kier alpha value is -0.540. The van der Waals surface area contributed by atoms with Gasteiger partial charge in [-0.1, -0.05) is 12.1 Å². The van der Waals surface area contributed by atoms with E-state index >= 15 is 0 Å². The monoisotopic (exact) mass is 296 g/mol. The Kier molecular flexibility index (Phi) is 4.46. The number of hydrogen-bond acceptors (Lipinski definition) is 2. The predicted molar refractivity (Wildman–Crippen MR) is 77.3 cm³/mol. The van der Waals surface area contributed by atoms with Gasteiger partial charge in [0.1, 0.15) is 0 Å². The highest BCUT2D eigenvalue weighted by Gasteiger charge is 2.20. The quantitative estimate of drug-likeness (QED) is 0.926. The molecule has 0 aliphatic heterocycles. The van der Waals surface area contributed by atoms with Gasteiger partial charge in [-0.3, -0.25) is 0 Å². The molecule has 2 nitrogen and oxygen atoms in total. The second-order valence-electron chi connectivity index (χ2n) is 5.11. The fraction of sp³-hybridized carbons (Fsp3) is 0.571. The molecule has 2 rings (SSSR count). The summed E-state index contributed by atoms with van der Waals surface area (Å²) in [5, 5.41) is 0. The van der Waals surface area contributed by atoms with Crippen LogP contribution in [-0.2, 0) is 0 Å². The summed E-state index contributed by atoms with van der Waals surface area (Å²) < 4.78 is 1.18. The van der Waals surface area contributed by atoms with Crippen molar-refractivity contribution in [2.24, 2.45) is 11.7 Å². The molecule has 1 aliphatic rings. The van der Waals surface area contributed by atoms with Crippen molar-refractivity contribution in [1.29, 1.82) is 0 Å². The molecule has 0 bridgehead atoms. The number of nitrogens with two attached hydrogens (primary N) is 1. The molecule has 0 heterocycles. The van der Waals surface area contributed by atoms with Crippen LogP contribution < -0.4 is 10.6 Å². The van der Waals surface area contributed by atoms with Crippen LogP contribution in [0.1, 0.15) is 25.7 Å². The third-order valence-electron chi connectivity index (χ3n) is 3.69. The van der Waals surface area contributed by atoms with Gasteiger partial charge in [0.25, 0.3) is 0 Å². The highest BCUT2D eigenvalue weighted by molar-refractivity contribution is 9.10. The SMILES string of the molecule is CN(CC1CCC(N)CC1)c1ccccc1Br. The van der Waals surface area contributed by atoms with Crippen LogP contribution in [0.4, 0.5) is 5.69 Å². The lowest BCUT2D eigenvalue weighted by atomic mass is 9.86. The van der Waals surface area contributed by atoms with Crippen LogP contribution in [0.25, 0.3) is 0 Å². The first-order chi connectivity index (χ1) is 8.16. The van der Waals surface area contributed by atoms with Crippen LogP contribution in [-0.4, -0.2) is 19.6 Å². The minimum atomic E-state index is 0.444. The second-order valence-corrected chi connectivity index (χ2v) is 5.97. The van der Waals surface area contributed by atoms with Gasteiger partial charge >= 0.3 is 0 Å². The van der Waals surface area contributed by atoms with Gasteiger partial charge in [0.05, 0.1) is 5.69 Å². The van der Waals surface area contributed by atoms with Crippen molar-refractivity contribution in [3.05, 3.63) is 28.7 Å². The summed E-state index contributed by atoms with van der Waals surface area (Å²) in [7, 11) is 2.18. The minimum absolute atomic E-state index is 0.444. The van der Waals surface area contributed by atoms with Gasteiger partial charge < -0.3 is 10.6 Å². The van der Waals surface area contributed by atoms with Gasteiger partial charge in [-0.2, -0.15) is 0 Å². The van der Waals surface area contributed by atoms with E-state index in [2.05, 4.69) is 52.1 Å². The molecule has 0 radical (unpaired) electrons. The van der Waals surface area contributed by atoms with Crippen LogP contribution in [0.3, 0.4) is 0 Å². The van der Waals surface area contributed by atoms with Crippen molar-refractivity contribution >= 4 is 21.6 Å². The lowest BCUT2D eigenvalue weighted by molar-refractivity contribution is 0.330. The zero-order valence-corrected chi connectivity index (χ0v) is 12.0. The largest absolute Gasteiger partial charge is 0.373 e. The lowest BCUT2D eigenvalue weighted by Gasteiger charge is -2.31. The zero-order chi connectivity index (χ0) is 12.3. The molecule has 0 aromatic heterocycles. The highest BCUT2D eigenvalue weighted by atomic mass is 79.9. The van der Waals surface area contributed by atoms with Crippen LogP contribution in [0.5, 0.6) is 0 Å². The maximum atomic E-state index is 5.94. The van der Waals surface area contributed by atoms with Crippen LogP contribution in [0.15, 0.2) is 28.7 Å². The summed E-state index contributed by atoms with van der Waals surface area (Å²) in [4.78, 5) is 2.35. The van der Waals surface area contributed by atoms with E-state index in [1.54, 1.807) is 0 Å². The molecule has 1 fully saturated rings. The Balaban J connectivity index is 1.93. The zero-order valence-electron chi connectivity index (χ0n) is 10.4. The molecular formula is C14H21BrN2. The Morgan fingerprint density at radius 1 is 1.24 bits per heavy atom. The summed E-state index contributed by atoms with van der Waals surface area (Å²) >= 11 is 3.61. The molecule has 0 saturated heterocycles. The number of para-hydroxylation sites is 1. The molecule has 0 unspecified atom stereocenters. The molecule has 1 aromatic rings. The van der Waals surface area contributed by atoms with Crippen molar-refractivity contribution in [2.45, 2.75) is 31.7 Å². The summed E-state index contributed by atoms with van der Waals surface area (Å²) in [5.74, 6) is 0.798. The van der Waals surface area contributed by atoms with E-state index in [-0.39, 0.29) is 0 Å². The standard InChI is InChI=1S/C14H21BrN2/c1-17(14-5-3-2-4-13(14)15)10-11-6-8-12(16)9-7-11/h2-5,11-12H,6-10,16H2,1H3. The van der Waals surface area contributed by atoms with Crippen molar-refractivity contribution in [3.63, 3.8) is 0 Å². The van der Waals surface area contributed by atoms with Gasteiger partial charge in [0, 0.05) is 24.1 Å². The van der Waals surface area contributed by atoms with E-state index in [0.717, 1.165) is 12.5 Å². The summed E-state index contributed by atoms with van der Waals surface area (Å²) in [6.45, 7) is 1.13. The van der Waals surface area contributed by atoms with Crippen molar-refractivity contribution in [2.75, 3.05) is 18.5 Å². The third kappa shape index (κ3) is 3.46. The number of rotatable bonds is 3. The predicted octanol–water partition coefficient (Wildman–Crippen LogP) is 3.40. The highest BCUT2D eigenvalue weighted by Crippen LogP contribution is 2.29. The Morgan fingerprint density at radius 2 is 1.88 bits per heavy atom. The van der Waals surface area contributed by atoms with E-state index in [0.29, 0.717) is 6.04 Å². The van der Waals surface area contributed by atoms with Gasteiger partial charge in [0.2, 0.25) is 0 Å². The van der Waals surface area contributed by atoms with Gasteiger partial charge in [-0.15, -0.1) is 0 Å². The number of nitrogens with zero attached hydrogens (tertiary/aromatic N) is 1. The van der Waals surface area contributed by atoms with Crippen molar-refractivity contribution in [1.82, 2.24) is 0 Å². The number of benzene rings is 1. The van der Waals surface area contributed by atoms with E-state index in [9.17, 15) is 0 Å². The van der Waals surface area contributed by atoms with Crippen LogP contribution in [0, 0.1) is 5.92 Å². The first-order valence-corrected chi connectivity index (χ1v) is 7.17. The first-order valence-electron chi connectivity index (χ1n) is 6.38. The van der Waals surface area contributed by atoms with E-state index < -0.39 is 0 Å². The average Bonchev–Trinajstić information content (AvgIpc) is 2.32. The van der Waals surface area contributed by atoms with E-state index in [4.69, 9.17) is 5.73 Å². The number of hydrogen-bond donors (Lipinski definition) is 1. The topological polar surface area (TPSA) is 29.3 Å². The van der Waals surface area contributed by atoms with E-state index in [1.807, 2.05) is 0 Å². The maximum Gasteiger partial charge on any atom is 0.0508 e. The van der Waals surface area contributed by atoms with Crippen LogP contribution in [0.2, 0.25) is 0 Å². The minimum Gasteiger partial charge on any atom is -0.373 e. The van der Waals surface area contributed by atoms with E-state index in [1.165, 1.54) is 35.8 Å². The Bertz CT molecular complexity index is 359. The molecule has 17 heavy (non-hydrogen) atoms. The molecule has 2 N–H and O–H groups in total. The number of anilines is 1. The summed E-state index contributed by atoms with van der Waals surface area (Å²) in [5.41, 5.74) is 7.22. The smallest absolute Gasteiger partial charge is 0.0508 e. The maximum absolute atomic E-state index is 5.94. The molecule has 1 saturated carbocycles. The molecule has 0 spiro atoms. The van der Waals surface area contributed by atoms with Gasteiger partial charge in [0.15, 0.2) is 0 Å². The molecule has 1 aromatic carbocycles. The molecule has 3 heteroatoms. The molecule has 1 aliphatic carbocycles. The fourth-order valence-electron chi connectivity index (χ4n) is 2.62. The summed E-state index contributed by atoms with van der Waals surface area (Å²) in [6, 6.07) is 8.86. The lowest BCUT2D eigenvalue weighted by Crippen LogP contribution is -2.32. The number of halogens is 1. The average molecular weight is 297 g/mol. The molecule has 0 amide bonds. The molecule has 0 atom stereocenters. The first kappa shape index (κ1) is 12.9. The Morgan fingerprint density at radius 3 is 2.53 bits per heavy atom. The summed E-state index contributed by atoms with van der Waals surface area (Å²) in [6.07, 6.45) is 4.93. The second kappa shape index (κ2) is 5.87. The molecule has 94 valence electrons.